The normalized spacial score (nSPS) is 10.7. The van der Waals surface area contributed by atoms with Crippen molar-refractivity contribution in [2.75, 3.05) is 13.2 Å². The number of rotatable bonds is 34. The number of carbonyl (C=O) groups is 1. The Balaban J connectivity index is -0.00000118. The first-order chi connectivity index (χ1) is 20.1. The van der Waals surface area contributed by atoms with Crippen LogP contribution in [-0.4, -0.2) is 29.6 Å². The van der Waals surface area contributed by atoms with Crippen LogP contribution in [0, 0.1) is 0 Å². The summed E-state index contributed by atoms with van der Waals surface area (Å²) in [4.78, 5) is 8.56. The Hall–Kier alpha value is 0.230. The van der Waals surface area contributed by atoms with E-state index >= 15 is 0 Å². The van der Waals surface area contributed by atoms with Gasteiger partial charge in [0.15, 0.2) is 0 Å². The minimum absolute atomic E-state index is 0. The van der Waals surface area contributed by atoms with Crippen molar-refractivity contribution >= 4 is 6.16 Å². The maximum Gasteiger partial charge on any atom is 1.00 e. The summed E-state index contributed by atoms with van der Waals surface area (Å²) in [6.45, 7) is 6.60. The van der Waals surface area contributed by atoms with Crippen molar-refractivity contribution in [1.82, 2.24) is 0 Å². The molecule has 0 aliphatic carbocycles. The molecule has 0 atom stereocenters. The summed E-state index contributed by atoms with van der Waals surface area (Å²) in [7, 11) is 0. The zero-order valence-corrected chi connectivity index (χ0v) is 31.3. The Morgan fingerprint density at radius 1 is 0.381 bits per heavy atom. The molecule has 42 heavy (non-hydrogen) atoms. The minimum atomic E-state index is -1.83. The van der Waals surface area contributed by atoms with Crippen LogP contribution < -0.4 is 29.6 Å². The molecule has 0 heterocycles. The standard InChI is InChI=1S/C36H74O.CH2O3.Na.H/c1-3-5-7-9-11-13-15-17-19-21-23-25-27-29-31-33-35-37-36-34-32-30-28-26-24-22-20-18-16-14-12-10-8-6-4-2;2-1(3)4;;/h3-36H2,1-2H3;(H2,2,3,4);;/q;;+1;-1. The molecule has 0 radical (unpaired) electrons. The van der Waals surface area contributed by atoms with Crippen LogP contribution in [0.2, 0.25) is 0 Å². The monoisotopic (exact) mass is 609 g/mol. The van der Waals surface area contributed by atoms with Crippen molar-refractivity contribution in [3.05, 3.63) is 0 Å². The number of carboxylic acid groups (broad SMARTS) is 2. The molecule has 0 amide bonds. The molecule has 0 spiro atoms. The first-order valence-corrected chi connectivity index (χ1v) is 18.6. The van der Waals surface area contributed by atoms with E-state index in [1.54, 1.807) is 0 Å². The van der Waals surface area contributed by atoms with Crippen LogP contribution in [0.4, 0.5) is 4.79 Å². The Morgan fingerprint density at radius 3 is 0.690 bits per heavy atom. The molecule has 0 aromatic rings. The average molecular weight is 609 g/mol. The predicted molar refractivity (Wildman–Crippen MR) is 182 cm³/mol. The van der Waals surface area contributed by atoms with Gasteiger partial charge in [-0.2, -0.15) is 0 Å². The van der Waals surface area contributed by atoms with Crippen LogP contribution in [0.3, 0.4) is 0 Å². The predicted octanol–water partition coefficient (Wildman–Crippen LogP) is 10.9. The van der Waals surface area contributed by atoms with Crippen LogP contribution in [0.1, 0.15) is 221 Å². The molecular weight excluding hydrogens is 531 g/mol. The number of hydrogen-bond donors (Lipinski definition) is 2. The molecular formula is C37H77NaO4. The van der Waals surface area contributed by atoms with Gasteiger partial charge in [0.1, 0.15) is 0 Å². The fourth-order valence-corrected chi connectivity index (χ4v) is 5.61. The summed E-state index contributed by atoms with van der Waals surface area (Å²) < 4.78 is 5.87. The van der Waals surface area contributed by atoms with Crippen molar-refractivity contribution in [1.29, 1.82) is 0 Å². The van der Waals surface area contributed by atoms with Gasteiger partial charge < -0.3 is 16.4 Å². The van der Waals surface area contributed by atoms with Gasteiger partial charge >= 0.3 is 35.7 Å². The van der Waals surface area contributed by atoms with Crippen molar-refractivity contribution in [3.63, 3.8) is 0 Å². The topological polar surface area (TPSA) is 66.8 Å². The van der Waals surface area contributed by atoms with Gasteiger partial charge in [0.05, 0.1) is 0 Å². The molecule has 0 aromatic carbocycles. The van der Waals surface area contributed by atoms with E-state index in [0.717, 1.165) is 13.2 Å². The zero-order valence-electron chi connectivity index (χ0n) is 30.3. The molecule has 0 aliphatic rings. The Labute approximate surface area is 288 Å². The molecule has 0 aromatic heterocycles. The van der Waals surface area contributed by atoms with E-state index in [4.69, 9.17) is 19.7 Å². The molecule has 250 valence electrons. The van der Waals surface area contributed by atoms with Crippen LogP contribution in [-0.2, 0) is 4.74 Å². The second kappa shape index (κ2) is 45.7. The molecule has 0 aliphatic heterocycles. The Morgan fingerprint density at radius 2 is 0.524 bits per heavy atom. The zero-order chi connectivity index (χ0) is 30.3. The van der Waals surface area contributed by atoms with Crippen molar-refractivity contribution < 1.29 is 50.7 Å². The summed E-state index contributed by atoms with van der Waals surface area (Å²) in [5.41, 5.74) is 0. The SMILES string of the molecule is CCCCCCCCCCCCCCCCCCOCCCCCCCCCCCCCCCCCC.O=C(O)O.[H-].[Na+]. The van der Waals surface area contributed by atoms with Crippen LogP contribution in [0.15, 0.2) is 0 Å². The van der Waals surface area contributed by atoms with E-state index in [1.165, 1.54) is 205 Å². The van der Waals surface area contributed by atoms with E-state index in [1.807, 2.05) is 0 Å². The number of unbranched alkanes of at least 4 members (excludes halogenated alkanes) is 30. The second-order valence-corrected chi connectivity index (χ2v) is 12.5. The van der Waals surface area contributed by atoms with E-state index in [-0.39, 0.29) is 31.0 Å². The van der Waals surface area contributed by atoms with Gasteiger partial charge in [-0.3, -0.25) is 0 Å². The van der Waals surface area contributed by atoms with Crippen molar-refractivity contribution in [3.8, 4) is 0 Å². The minimum Gasteiger partial charge on any atom is -1.00 e. The summed E-state index contributed by atoms with van der Waals surface area (Å²) in [5, 5.41) is 13.9. The average Bonchev–Trinajstić information content (AvgIpc) is 2.95. The molecule has 4 nitrogen and oxygen atoms in total. The molecule has 0 bridgehead atoms. The van der Waals surface area contributed by atoms with Crippen LogP contribution >= 0.6 is 0 Å². The van der Waals surface area contributed by atoms with E-state index in [9.17, 15) is 0 Å². The molecule has 0 rings (SSSR count). The van der Waals surface area contributed by atoms with E-state index in [2.05, 4.69) is 13.8 Å². The maximum atomic E-state index is 8.56. The van der Waals surface area contributed by atoms with E-state index in [0.29, 0.717) is 0 Å². The quantitative estimate of drug-likeness (QED) is 0.0563. The van der Waals surface area contributed by atoms with Gasteiger partial charge in [-0.05, 0) is 12.8 Å². The largest absolute Gasteiger partial charge is 1.00 e. The fourth-order valence-electron chi connectivity index (χ4n) is 5.61. The molecule has 0 unspecified atom stereocenters. The summed E-state index contributed by atoms with van der Waals surface area (Å²) in [5.74, 6) is 0. The van der Waals surface area contributed by atoms with Gasteiger partial charge in [0.25, 0.3) is 0 Å². The second-order valence-electron chi connectivity index (χ2n) is 12.5. The van der Waals surface area contributed by atoms with Gasteiger partial charge in [-0.1, -0.05) is 206 Å². The smallest absolute Gasteiger partial charge is 1.00 e. The van der Waals surface area contributed by atoms with Crippen LogP contribution in [0.5, 0.6) is 0 Å². The number of hydrogen-bond acceptors (Lipinski definition) is 2. The third-order valence-electron chi connectivity index (χ3n) is 8.28. The summed E-state index contributed by atoms with van der Waals surface area (Å²) in [6, 6.07) is 0. The van der Waals surface area contributed by atoms with E-state index < -0.39 is 6.16 Å². The van der Waals surface area contributed by atoms with Crippen LogP contribution in [0.25, 0.3) is 0 Å². The maximum absolute atomic E-state index is 8.56. The fraction of sp³-hybridized carbons (Fsp3) is 0.973. The third kappa shape index (κ3) is 52.8. The Kier molecular flexibility index (Phi) is 50.7. The van der Waals surface area contributed by atoms with Gasteiger partial charge in [-0.15, -0.1) is 0 Å². The van der Waals surface area contributed by atoms with Crippen molar-refractivity contribution in [2.24, 2.45) is 0 Å². The molecule has 2 N–H and O–H groups in total. The molecule has 0 saturated carbocycles. The third-order valence-corrected chi connectivity index (χ3v) is 8.28. The van der Waals surface area contributed by atoms with Crippen molar-refractivity contribution in [2.45, 2.75) is 219 Å². The Bertz CT molecular complexity index is 430. The summed E-state index contributed by atoms with van der Waals surface area (Å²) in [6.07, 6.45) is 44.2. The first kappa shape index (κ1) is 46.6. The molecule has 0 saturated heterocycles. The van der Waals surface area contributed by atoms with Gasteiger partial charge in [-0.25, -0.2) is 4.79 Å². The van der Waals surface area contributed by atoms with Gasteiger partial charge in [0, 0.05) is 13.2 Å². The molecule has 0 fully saturated rings. The molecule has 5 heteroatoms. The first-order valence-electron chi connectivity index (χ1n) is 18.6. The number of ether oxygens (including phenoxy) is 1. The van der Waals surface area contributed by atoms with Gasteiger partial charge in [0.2, 0.25) is 0 Å². The summed E-state index contributed by atoms with van der Waals surface area (Å²) >= 11 is 0.